The van der Waals surface area contributed by atoms with Gasteiger partial charge in [0, 0.05) is 30.0 Å². The standard InChI is InChI=1S/C28H30N2O5/c1-16(27(32)33)10-11-29-26(31)18-12-17-14-25(23(17)13-18)30-28(34)35-15-24-21-8-4-2-6-19(21)20-7-3-5-9-22(20)24/h2-10,17-18,23-25H,11-15H2,1H3,(H,29,31)(H,30,34)(H,32,33)/b16-10+. The lowest BCUT2D eigenvalue weighted by atomic mass is 9.71. The maximum absolute atomic E-state index is 12.6. The molecule has 35 heavy (non-hydrogen) atoms. The van der Waals surface area contributed by atoms with Crippen LogP contribution in [0.15, 0.2) is 60.2 Å². The summed E-state index contributed by atoms with van der Waals surface area (Å²) in [6.07, 6.45) is 3.49. The van der Waals surface area contributed by atoms with Crippen molar-refractivity contribution >= 4 is 18.0 Å². The first-order valence-electron chi connectivity index (χ1n) is 12.2. The molecule has 2 aromatic carbocycles. The fourth-order valence-electron chi connectivity index (χ4n) is 5.93. The first kappa shape index (κ1) is 23.1. The number of rotatable bonds is 7. The Kier molecular flexibility index (Phi) is 6.32. The number of hydrogen-bond acceptors (Lipinski definition) is 4. The van der Waals surface area contributed by atoms with Crippen molar-refractivity contribution in [1.29, 1.82) is 0 Å². The van der Waals surface area contributed by atoms with Crippen molar-refractivity contribution in [1.82, 2.24) is 10.6 Å². The summed E-state index contributed by atoms with van der Waals surface area (Å²) in [5.74, 6) is -0.393. The van der Waals surface area contributed by atoms with Gasteiger partial charge in [0.05, 0.1) is 0 Å². The summed E-state index contributed by atoms with van der Waals surface area (Å²) in [5.41, 5.74) is 4.97. The quantitative estimate of drug-likeness (QED) is 0.525. The lowest BCUT2D eigenvalue weighted by Gasteiger charge is -2.40. The van der Waals surface area contributed by atoms with Gasteiger partial charge in [-0.25, -0.2) is 9.59 Å². The highest BCUT2D eigenvalue weighted by molar-refractivity contribution is 5.86. The molecule has 3 N–H and O–H groups in total. The van der Waals surface area contributed by atoms with Crippen LogP contribution in [0.5, 0.6) is 0 Å². The van der Waals surface area contributed by atoms with Crippen LogP contribution in [-0.4, -0.2) is 42.3 Å². The van der Waals surface area contributed by atoms with E-state index in [-0.39, 0.29) is 48.4 Å². The highest BCUT2D eigenvalue weighted by Gasteiger charge is 2.50. The zero-order valence-corrected chi connectivity index (χ0v) is 19.7. The van der Waals surface area contributed by atoms with E-state index in [2.05, 4.69) is 34.9 Å². The van der Waals surface area contributed by atoms with Gasteiger partial charge in [-0.2, -0.15) is 0 Å². The molecule has 5 rings (SSSR count). The normalized spacial score (nSPS) is 24.5. The minimum atomic E-state index is -0.986. The molecular formula is C28H30N2O5. The number of benzene rings is 2. The lowest BCUT2D eigenvalue weighted by molar-refractivity contribution is -0.132. The van der Waals surface area contributed by atoms with Gasteiger partial charge in [0.1, 0.15) is 6.61 Å². The van der Waals surface area contributed by atoms with E-state index in [1.165, 1.54) is 35.3 Å². The Morgan fingerprint density at radius 2 is 1.66 bits per heavy atom. The second-order valence-corrected chi connectivity index (χ2v) is 9.84. The van der Waals surface area contributed by atoms with Crippen molar-refractivity contribution in [2.24, 2.45) is 17.8 Å². The fraction of sp³-hybridized carbons (Fsp3) is 0.393. The van der Waals surface area contributed by atoms with Crippen LogP contribution in [0.25, 0.3) is 11.1 Å². The van der Waals surface area contributed by atoms with Gasteiger partial charge in [-0.3, -0.25) is 4.79 Å². The molecule has 3 aliphatic rings. The van der Waals surface area contributed by atoms with Crippen LogP contribution in [0.4, 0.5) is 4.79 Å². The van der Waals surface area contributed by atoms with Crippen molar-refractivity contribution in [3.63, 3.8) is 0 Å². The minimum Gasteiger partial charge on any atom is -0.478 e. The summed E-state index contributed by atoms with van der Waals surface area (Å²) < 4.78 is 5.68. The molecule has 7 nitrogen and oxygen atoms in total. The highest BCUT2D eigenvalue weighted by atomic mass is 16.5. The van der Waals surface area contributed by atoms with E-state index in [1.807, 2.05) is 24.3 Å². The van der Waals surface area contributed by atoms with Crippen molar-refractivity contribution in [3.8, 4) is 11.1 Å². The molecule has 7 heteroatoms. The number of carboxylic acid groups (broad SMARTS) is 1. The van der Waals surface area contributed by atoms with E-state index in [1.54, 1.807) is 0 Å². The van der Waals surface area contributed by atoms with E-state index in [4.69, 9.17) is 9.84 Å². The molecule has 0 radical (unpaired) electrons. The van der Waals surface area contributed by atoms with Crippen molar-refractivity contribution < 1.29 is 24.2 Å². The summed E-state index contributed by atoms with van der Waals surface area (Å²) in [6.45, 7) is 2.00. The molecule has 2 aromatic rings. The van der Waals surface area contributed by atoms with E-state index < -0.39 is 12.1 Å². The molecule has 2 saturated carbocycles. The number of nitrogens with one attached hydrogen (secondary N) is 2. The first-order valence-corrected chi connectivity index (χ1v) is 12.2. The Labute approximate surface area is 204 Å². The summed E-state index contributed by atoms with van der Waals surface area (Å²) in [5, 5.41) is 14.7. The third kappa shape index (κ3) is 4.55. The third-order valence-corrected chi connectivity index (χ3v) is 7.86. The SMILES string of the molecule is C/C(=C\CNC(=O)C1CC2CC(NC(=O)OCC3c4ccccc4-c4ccccc43)C2C1)C(=O)O. The van der Waals surface area contributed by atoms with Crippen LogP contribution in [0.1, 0.15) is 43.2 Å². The largest absolute Gasteiger partial charge is 0.478 e. The second kappa shape index (κ2) is 9.56. The van der Waals surface area contributed by atoms with Gasteiger partial charge in [0.2, 0.25) is 5.91 Å². The third-order valence-electron chi connectivity index (χ3n) is 7.86. The first-order chi connectivity index (χ1) is 16.9. The average molecular weight is 475 g/mol. The summed E-state index contributed by atoms with van der Waals surface area (Å²) in [6, 6.07) is 16.5. The van der Waals surface area contributed by atoms with Crippen LogP contribution >= 0.6 is 0 Å². The molecule has 0 saturated heterocycles. The number of hydrogen-bond donors (Lipinski definition) is 3. The van der Waals surface area contributed by atoms with Gasteiger partial charge < -0.3 is 20.5 Å². The molecule has 4 atom stereocenters. The van der Waals surface area contributed by atoms with Gasteiger partial charge >= 0.3 is 12.1 Å². The Bertz CT molecular complexity index is 1140. The van der Waals surface area contributed by atoms with E-state index in [9.17, 15) is 14.4 Å². The van der Waals surface area contributed by atoms with Gasteiger partial charge in [-0.05, 0) is 60.3 Å². The van der Waals surface area contributed by atoms with E-state index >= 15 is 0 Å². The Morgan fingerprint density at radius 3 is 2.31 bits per heavy atom. The number of carboxylic acids is 1. The number of carbonyl (C=O) groups is 3. The predicted molar refractivity (Wildman–Crippen MR) is 131 cm³/mol. The highest BCUT2D eigenvalue weighted by Crippen LogP contribution is 2.50. The lowest BCUT2D eigenvalue weighted by Crippen LogP contribution is -2.50. The molecular weight excluding hydrogens is 444 g/mol. The van der Waals surface area contributed by atoms with Gasteiger partial charge in [-0.15, -0.1) is 0 Å². The number of amides is 2. The summed E-state index contributed by atoms with van der Waals surface area (Å²) >= 11 is 0. The minimum absolute atomic E-state index is 0.0284. The zero-order chi connectivity index (χ0) is 24.5. The molecule has 0 spiro atoms. The molecule has 0 heterocycles. The van der Waals surface area contributed by atoms with Crippen LogP contribution < -0.4 is 10.6 Å². The Balaban J connectivity index is 1.11. The monoisotopic (exact) mass is 474 g/mol. The predicted octanol–water partition coefficient (Wildman–Crippen LogP) is 4.09. The molecule has 182 valence electrons. The molecule has 0 aromatic heterocycles. The summed E-state index contributed by atoms with van der Waals surface area (Å²) in [4.78, 5) is 36.0. The number of ether oxygens (including phenoxy) is 1. The molecule has 3 aliphatic carbocycles. The van der Waals surface area contributed by atoms with Gasteiger partial charge in [0.25, 0.3) is 0 Å². The van der Waals surface area contributed by atoms with Crippen molar-refractivity contribution in [2.75, 3.05) is 13.2 Å². The molecule has 4 unspecified atom stereocenters. The number of alkyl carbamates (subject to hydrolysis) is 1. The smallest absolute Gasteiger partial charge is 0.407 e. The Morgan fingerprint density at radius 1 is 1.00 bits per heavy atom. The molecule has 0 bridgehead atoms. The summed E-state index contributed by atoms with van der Waals surface area (Å²) in [7, 11) is 0. The molecule has 2 amide bonds. The molecule has 0 aliphatic heterocycles. The fourth-order valence-corrected chi connectivity index (χ4v) is 5.93. The Hall–Kier alpha value is -3.61. The van der Waals surface area contributed by atoms with Crippen LogP contribution in [0.3, 0.4) is 0 Å². The molecule has 2 fully saturated rings. The van der Waals surface area contributed by atoms with Gasteiger partial charge in [0.15, 0.2) is 0 Å². The van der Waals surface area contributed by atoms with E-state index in [0.29, 0.717) is 5.92 Å². The van der Waals surface area contributed by atoms with Gasteiger partial charge in [-0.1, -0.05) is 54.6 Å². The van der Waals surface area contributed by atoms with Crippen LogP contribution in [-0.2, 0) is 14.3 Å². The van der Waals surface area contributed by atoms with Crippen LogP contribution in [0.2, 0.25) is 0 Å². The average Bonchev–Trinajstić information content (AvgIpc) is 3.36. The van der Waals surface area contributed by atoms with Crippen molar-refractivity contribution in [2.45, 2.75) is 38.1 Å². The number of aliphatic carboxylic acids is 1. The maximum Gasteiger partial charge on any atom is 0.407 e. The topological polar surface area (TPSA) is 105 Å². The van der Waals surface area contributed by atoms with E-state index in [0.717, 1.165) is 19.3 Å². The number of carbonyl (C=O) groups excluding carboxylic acids is 2. The van der Waals surface area contributed by atoms with Crippen LogP contribution in [0, 0.1) is 17.8 Å². The van der Waals surface area contributed by atoms with Crippen molar-refractivity contribution in [3.05, 3.63) is 71.3 Å². The maximum atomic E-state index is 12.6. The number of fused-ring (bicyclic) bond motifs is 4. The zero-order valence-electron chi connectivity index (χ0n) is 19.7. The second-order valence-electron chi connectivity index (χ2n) is 9.84.